The quantitative estimate of drug-likeness (QED) is 0.846. The zero-order valence-corrected chi connectivity index (χ0v) is 14.4. The number of carbonyl (C=O) groups is 2. The molecule has 3 rings (SSSR count). The number of hydrogen-bond acceptors (Lipinski definition) is 6. The highest BCUT2D eigenvalue weighted by Crippen LogP contribution is 2.34. The minimum Gasteiger partial charge on any atom is -0.504 e. The predicted octanol–water partition coefficient (Wildman–Crippen LogP) is 1.80. The molecule has 1 atom stereocenters. The van der Waals surface area contributed by atoms with Crippen LogP contribution in [-0.4, -0.2) is 42.7 Å². The van der Waals surface area contributed by atoms with Gasteiger partial charge < -0.3 is 24.8 Å². The topological polar surface area (TPSA) is 101 Å². The summed E-state index contributed by atoms with van der Waals surface area (Å²) in [6, 6.07) is 8.13. The van der Waals surface area contributed by atoms with Crippen LogP contribution >= 0.6 is 0 Å². The second-order valence-corrected chi connectivity index (χ2v) is 5.81. The van der Waals surface area contributed by atoms with E-state index < -0.39 is 5.92 Å². The molecule has 1 unspecified atom stereocenters. The number of methoxy groups -OCH3 is 2. The molecule has 1 aromatic heterocycles. The zero-order chi connectivity index (χ0) is 18.7. The molecule has 2 aromatic rings. The normalized spacial score (nSPS) is 16.5. The Kier molecular flexibility index (Phi) is 4.92. The van der Waals surface area contributed by atoms with Gasteiger partial charge in [0, 0.05) is 30.9 Å². The van der Waals surface area contributed by atoms with Gasteiger partial charge in [-0.1, -0.05) is 0 Å². The van der Waals surface area contributed by atoms with Crippen molar-refractivity contribution in [2.75, 3.05) is 31.0 Å². The largest absolute Gasteiger partial charge is 0.504 e. The highest BCUT2D eigenvalue weighted by molar-refractivity contribution is 6.03. The number of rotatable bonds is 5. The van der Waals surface area contributed by atoms with Crippen molar-refractivity contribution < 1.29 is 24.2 Å². The summed E-state index contributed by atoms with van der Waals surface area (Å²) in [6.07, 6.45) is 1.54. The monoisotopic (exact) mass is 357 g/mol. The average Bonchev–Trinajstić information content (AvgIpc) is 3.05. The lowest BCUT2D eigenvalue weighted by Gasteiger charge is -2.18. The zero-order valence-electron chi connectivity index (χ0n) is 14.4. The third-order valence-electron chi connectivity index (χ3n) is 4.20. The van der Waals surface area contributed by atoms with Gasteiger partial charge in [0.1, 0.15) is 0 Å². The number of aromatic hydroxyl groups is 1. The van der Waals surface area contributed by atoms with E-state index in [-0.39, 0.29) is 36.3 Å². The SMILES string of the molecule is COc1ccc(N2CC(C(=O)Nc3ncccc3O)CC2=O)cc1OC. The number of aromatic nitrogens is 1. The first-order valence-electron chi connectivity index (χ1n) is 8.00. The Bertz CT molecular complexity index is 839. The Balaban J connectivity index is 1.74. The smallest absolute Gasteiger partial charge is 0.231 e. The van der Waals surface area contributed by atoms with E-state index in [1.165, 1.54) is 31.4 Å². The van der Waals surface area contributed by atoms with Gasteiger partial charge >= 0.3 is 0 Å². The molecule has 0 spiro atoms. The molecule has 1 aliphatic heterocycles. The Hall–Kier alpha value is -3.29. The van der Waals surface area contributed by atoms with E-state index in [9.17, 15) is 14.7 Å². The van der Waals surface area contributed by atoms with Gasteiger partial charge in [-0.2, -0.15) is 0 Å². The van der Waals surface area contributed by atoms with Crippen LogP contribution < -0.4 is 19.7 Å². The van der Waals surface area contributed by atoms with E-state index in [0.29, 0.717) is 17.2 Å². The van der Waals surface area contributed by atoms with Gasteiger partial charge in [-0.25, -0.2) is 4.98 Å². The Morgan fingerprint density at radius 2 is 2.04 bits per heavy atom. The summed E-state index contributed by atoms with van der Waals surface area (Å²) in [5.74, 6) is -0.0571. The lowest BCUT2D eigenvalue weighted by Crippen LogP contribution is -2.28. The third kappa shape index (κ3) is 3.39. The van der Waals surface area contributed by atoms with Crippen LogP contribution in [0.5, 0.6) is 17.2 Å². The number of pyridine rings is 1. The molecular formula is C18H19N3O5. The third-order valence-corrected chi connectivity index (χ3v) is 4.20. The van der Waals surface area contributed by atoms with E-state index >= 15 is 0 Å². The van der Waals surface area contributed by atoms with E-state index in [1.54, 1.807) is 24.3 Å². The van der Waals surface area contributed by atoms with Gasteiger partial charge in [0.2, 0.25) is 11.8 Å². The molecule has 0 bridgehead atoms. The molecule has 26 heavy (non-hydrogen) atoms. The molecule has 136 valence electrons. The number of carbonyl (C=O) groups excluding carboxylic acids is 2. The van der Waals surface area contributed by atoms with Crippen LogP contribution in [0.25, 0.3) is 0 Å². The molecule has 0 radical (unpaired) electrons. The Morgan fingerprint density at radius 3 is 2.73 bits per heavy atom. The fourth-order valence-electron chi connectivity index (χ4n) is 2.84. The number of nitrogens with one attached hydrogen (secondary N) is 1. The number of ether oxygens (including phenoxy) is 2. The van der Waals surface area contributed by atoms with Crippen LogP contribution in [0.1, 0.15) is 6.42 Å². The molecule has 1 saturated heterocycles. The predicted molar refractivity (Wildman–Crippen MR) is 94.5 cm³/mol. The summed E-state index contributed by atoms with van der Waals surface area (Å²) in [7, 11) is 3.05. The van der Waals surface area contributed by atoms with Crippen molar-refractivity contribution in [3.05, 3.63) is 36.5 Å². The second-order valence-electron chi connectivity index (χ2n) is 5.81. The molecule has 1 fully saturated rings. The standard InChI is InChI=1S/C18H19N3O5/c1-25-14-6-5-12(9-15(14)26-2)21-10-11(8-16(21)23)18(24)20-17-13(22)4-3-7-19-17/h3-7,9,11,22H,8,10H2,1-2H3,(H,19,20,24). The summed E-state index contributed by atoms with van der Waals surface area (Å²) in [4.78, 5) is 30.2. The Morgan fingerprint density at radius 1 is 1.27 bits per heavy atom. The molecule has 2 N–H and O–H groups in total. The fourth-order valence-corrected chi connectivity index (χ4v) is 2.84. The summed E-state index contributed by atoms with van der Waals surface area (Å²) in [5, 5.41) is 12.3. The summed E-state index contributed by atoms with van der Waals surface area (Å²) in [5.41, 5.74) is 0.628. The van der Waals surface area contributed by atoms with Crippen LogP contribution in [0, 0.1) is 5.92 Å². The molecular weight excluding hydrogens is 338 g/mol. The molecule has 0 aliphatic carbocycles. The van der Waals surface area contributed by atoms with Gasteiger partial charge in [0.25, 0.3) is 0 Å². The summed E-state index contributed by atoms with van der Waals surface area (Å²) in [6.45, 7) is 0.230. The highest BCUT2D eigenvalue weighted by Gasteiger charge is 2.35. The van der Waals surface area contributed by atoms with Crippen molar-refractivity contribution in [1.82, 2.24) is 4.98 Å². The van der Waals surface area contributed by atoms with Gasteiger partial charge in [0.05, 0.1) is 20.1 Å². The molecule has 1 aliphatic rings. The van der Waals surface area contributed by atoms with Crippen molar-refractivity contribution in [3.8, 4) is 17.2 Å². The summed E-state index contributed by atoms with van der Waals surface area (Å²) >= 11 is 0. The molecule has 0 saturated carbocycles. The van der Waals surface area contributed by atoms with E-state index in [2.05, 4.69) is 10.3 Å². The first-order valence-corrected chi connectivity index (χ1v) is 8.00. The first kappa shape index (κ1) is 17.5. The molecule has 2 amide bonds. The average molecular weight is 357 g/mol. The van der Waals surface area contributed by atoms with E-state index in [1.807, 2.05) is 0 Å². The van der Waals surface area contributed by atoms with Crippen LogP contribution in [-0.2, 0) is 9.59 Å². The maximum absolute atomic E-state index is 12.4. The van der Waals surface area contributed by atoms with Crippen LogP contribution in [0.15, 0.2) is 36.5 Å². The first-order chi connectivity index (χ1) is 12.5. The van der Waals surface area contributed by atoms with Crippen LogP contribution in [0.3, 0.4) is 0 Å². The minimum absolute atomic E-state index is 0.0772. The molecule has 2 heterocycles. The number of nitrogens with zero attached hydrogens (tertiary/aromatic N) is 2. The van der Waals surface area contributed by atoms with Crippen molar-refractivity contribution in [2.45, 2.75) is 6.42 Å². The van der Waals surface area contributed by atoms with Crippen LogP contribution in [0.2, 0.25) is 0 Å². The fraction of sp³-hybridized carbons (Fsp3) is 0.278. The molecule has 8 nitrogen and oxygen atoms in total. The lowest BCUT2D eigenvalue weighted by atomic mass is 10.1. The summed E-state index contributed by atoms with van der Waals surface area (Å²) < 4.78 is 10.5. The highest BCUT2D eigenvalue weighted by atomic mass is 16.5. The molecule has 1 aromatic carbocycles. The van der Waals surface area contributed by atoms with Crippen molar-refractivity contribution in [2.24, 2.45) is 5.92 Å². The molecule has 8 heteroatoms. The number of benzene rings is 1. The lowest BCUT2D eigenvalue weighted by molar-refractivity contribution is -0.122. The number of hydrogen-bond donors (Lipinski definition) is 2. The number of anilines is 2. The Labute approximate surface area is 150 Å². The van der Waals surface area contributed by atoms with Gasteiger partial charge in [-0.05, 0) is 24.3 Å². The number of amides is 2. The van der Waals surface area contributed by atoms with Gasteiger partial charge in [0.15, 0.2) is 23.1 Å². The van der Waals surface area contributed by atoms with Gasteiger partial charge in [-0.3, -0.25) is 9.59 Å². The van der Waals surface area contributed by atoms with Crippen LogP contribution in [0.4, 0.5) is 11.5 Å². The maximum Gasteiger partial charge on any atom is 0.231 e. The maximum atomic E-state index is 12.4. The van der Waals surface area contributed by atoms with E-state index in [0.717, 1.165) is 0 Å². The van der Waals surface area contributed by atoms with Crippen molar-refractivity contribution >= 4 is 23.3 Å². The van der Waals surface area contributed by atoms with E-state index in [4.69, 9.17) is 9.47 Å². The van der Waals surface area contributed by atoms with Crippen molar-refractivity contribution in [1.29, 1.82) is 0 Å². The minimum atomic E-state index is -0.544. The van der Waals surface area contributed by atoms with Crippen molar-refractivity contribution in [3.63, 3.8) is 0 Å². The van der Waals surface area contributed by atoms with Gasteiger partial charge in [-0.15, -0.1) is 0 Å². The second kappa shape index (κ2) is 7.30.